The van der Waals surface area contributed by atoms with Gasteiger partial charge in [-0.05, 0) is 31.0 Å². The molecule has 2 unspecified atom stereocenters. The third-order valence-corrected chi connectivity index (χ3v) is 4.36. The van der Waals surface area contributed by atoms with Crippen LogP contribution < -0.4 is 11.1 Å². The average Bonchev–Trinajstić information content (AvgIpc) is 2.49. The predicted octanol–water partition coefficient (Wildman–Crippen LogP) is 3.74. The number of hydrogen-bond donors (Lipinski definition) is 2. The van der Waals surface area contributed by atoms with Crippen LogP contribution in [-0.4, -0.2) is 29.9 Å². The number of amides is 3. The Morgan fingerprint density at radius 3 is 2.52 bits per heavy atom. The molecule has 0 saturated carbocycles. The SMILES string of the molecule is CCCCC(NC(N)=O)C(=O)N(C)C(C)c1ccc(Cl)cc1Cl. The Morgan fingerprint density at radius 1 is 1.35 bits per heavy atom. The monoisotopic (exact) mass is 359 g/mol. The maximum atomic E-state index is 12.7. The lowest BCUT2D eigenvalue weighted by molar-refractivity contribution is -0.134. The Hall–Kier alpha value is -1.46. The summed E-state index contributed by atoms with van der Waals surface area (Å²) in [5.41, 5.74) is 5.97. The standard InChI is InChI=1S/C16H23Cl2N3O2/c1-4-5-6-14(20-16(19)23)15(22)21(3)10(2)12-8-7-11(17)9-13(12)18/h7-10,14H,4-6H2,1-3H3,(H3,19,20,23). The van der Waals surface area contributed by atoms with Crippen LogP contribution in [-0.2, 0) is 4.79 Å². The highest BCUT2D eigenvalue weighted by atomic mass is 35.5. The van der Waals surface area contributed by atoms with Crippen LogP contribution >= 0.6 is 23.2 Å². The molecule has 3 amide bonds. The Kier molecular flexibility index (Phi) is 7.65. The number of primary amides is 1. The molecule has 0 saturated heterocycles. The summed E-state index contributed by atoms with van der Waals surface area (Å²) in [6, 6.07) is 3.57. The molecule has 1 rings (SSSR count). The highest BCUT2D eigenvalue weighted by Gasteiger charge is 2.27. The summed E-state index contributed by atoms with van der Waals surface area (Å²) in [5, 5.41) is 3.55. The lowest BCUT2D eigenvalue weighted by atomic mass is 10.0. The van der Waals surface area contributed by atoms with E-state index in [-0.39, 0.29) is 11.9 Å². The van der Waals surface area contributed by atoms with Gasteiger partial charge in [0.25, 0.3) is 0 Å². The number of benzene rings is 1. The van der Waals surface area contributed by atoms with E-state index in [0.29, 0.717) is 16.5 Å². The Morgan fingerprint density at radius 2 is 2.00 bits per heavy atom. The number of rotatable bonds is 7. The molecule has 128 valence electrons. The number of urea groups is 1. The normalized spacial score (nSPS) is 13.3. The minimum Gasteiger partial charge on any atom is -0.352 e. The zero-order valence-corrected chi connectivity index (χ0v) is 15.1. The van der Waals surface area contributed by atoms with E-state index in [1.807, 2.05) is 13.8 Å². The van der Waals surface area contributed by atoms with Gasteiger partial charge in [0.05, 0.1) is 6.04 Å². The minimum absolute atomic E-state index is 0.198. The number of likely N-dealkylation sites (N-methyl/N-ethyl adjacent to an activating group) is 1. The largest absolute Gasteiger partial charge is 0.352 e. The van der Waals surface area contributed by atoms with Gasteiger partial charge in [-0.3, -0.25) is 4.79 Å². The molecule has 7 heteroatoms. The van der Waals surface area contributed by atoms with Crippen LogP contribution in [0.3, 0.4) is 0 Å². The van der Waals surface area contributed by atoms with Crippen molar-refractivity contribution in [1.29, 1.82) is 0 Å². The molecule has 5 nitrogen and oxygen atoms in total. The van der Waals surface area contributed by atoms with Crippen molar-refractivity contribution in [3.05, 3.63) is 33.8 Å². The van der Waals surface area contributed by atoms with Crippen LogP contribution in [0.4, 0.5) is 4.79 Å². The van der Waals surface area contributed by atoms with Crippen LogP contribution in [0, 0.1) is 0 Å². The first-order valence-electron chi connectivity index (χ1n) is 7.55. The molecule has 2 atom stereocenters. The van der Waals surface area contributed by atoms with E-state index in [4.69, 9.17) is 28.9 Å². The van der Waals surface area contributed by atoms with Crippen LogP contribution in [0.5, 0.6) is 0 Å². The quantitative estimate of drug-likeness (QED) is 0.777. The lowest BCUT2D eigenvalue weighted by Crippen LogP contribution is -2.49. The van der Waals surface area contributed by atoms with E-state index >= 15 is 0 Å². The zero-order chi connectivity index (χ0) is 17.6. The van der Waals surface area contributed by atoms with Gasteiger partial charge in [-0.2, -0.15) is 0 Å². The van der Waals surface area contributed by atoms with Crippen molar-refractivity contribution in [1.82, 2.24) is 10.2 Å². The second kappa shape index (κ2) is 8.99. The van der Waals surface area contributed by atoms with Gasteiger partial charge in [-0.25, -0.2) is 4.79 Å². The summed E-state index contributed by atoms with van der Waals surface area (Å²) in [6.07, 6.45) is 2.29. The minimum atomic E-state index is -0.704. The van der Waals surface area contributed by atoms with Gasteiger partial charge in [-0.1, -0.05) is 49.0 Å². The fourth-order valence-electron chi connectivity index (χ4n) is 2.32. The van der Waals surface area contributed by atoms with Gasteiger partial charge in [0.15, 0.2) is 0 Å². The van der Waals surface area contributed by atoms with Gasteiger partial charge in [0, 0.05) is 17.1 Å². The summed E-state index contributed by atoms with van der Waals surface area (Å²) in [7, 11) is 1.68. The Labute approximate surface area is 147 Å². The third kappa shape index (κ3) is 5.59. The first kappa shape index (κ1) is 19.6. The van der Waals surface area contributed by atoms with Crippen molar-refractivity contribution in [3.63, 3.8) is 0 Å². The highest BCUT2D eigenvalue weighted by molar-refractivity contribution is 6.35. The number of carbonyl (C=O) groups excluding carboxylic acids is 2. The van der Waals surface area contributed by atoms with Crippen molar-refractivity contribution in [2.75, 3.05) is 7.05 Å². The molecule has 0 fully saturated rings. The van der Waals surface area contributed by atoms with Crippen molar-refractivity contribution >= 4 is 35.1 Å². The number of nitrogens with zero attached hydrogens (tertiary/aromatic N) is 1. The summed E-state index contributed by atoms with van der Waals surface area (Å²) in [5.74, 6) is -0.198. The molecule has 0 aromatic heterocycles. The van der Waals surface area contributed by atoms with E-state index in [1.54, 1.807) is 30.1 Å². The Bertz CT molecular complexity index is 566. The van der Waals surface area contributed by atoms with E-state index in [2.05, 4.69) is 5.32 Å². The zero-order valence-electron chi connectivity index (χ0n) is 13.6. The molecule has 3 N–H and O–H groups in total. The van der Waals surface area contributed by atoms with Gasteiger partial charge in [-0.15, -0.1) is 0 Å². The molecule has 0 aliphatic heterocycles. The molecule has 1 aromatic carbocycles. The fraction of sp³-hybridized carbons (Fsp3) is 0.500. The summed E-state index contributed by atoms with van der Waals surface area (Å²) >= 11 is 12.1. The molecule has 1 aromatic rings. The second-order valence-electron chi connectivity index (χ2n) is 5.49. The first-order valence-corrected chi connectivity index (χ1v) is 8.31. The van der Waals surface area contributed by atoms with Crippen molar-refractivity contribution in [2.24, 2.45) is 5.73 Å². The number of carbonyl (C=O) groups is 2. The highest BCUT2D eigenvalue weighted by Crippen LogP contribution is 2.29. The summed E-state index contributed by atoms with van der Waals surface area (Å²) in [6.45, 7) is 3.89. The van der Waals surface area contributed by atoms with Crippen molar-refractivity contribution in [3.8, 4) is 0 Å². The van der Waals surface area contributed by atoms with Gasteiger partial charge < -0.3 is 16.0 Å². The number of nitrogens with two attached hydrogens (primary N) is 1. The van der Waals surface area contributed by atoms with E-state index in [0.717, 1.165) is 18.4 Å². The fourth-order valence-corrected chi connectivity index (χ4v) is 2.89. The maximum absolute atomic E-state index is 12.7. The molecule has 0 aliphatic rings. The molecular formula is C16H23Cl2N3O2. The molecule has 0 bridgehead atoms. The smallest absolute Gasteiger partial charge is 0.312 e. The van der Waals surface area contributed by atoms with Gasteiger partial charge in [0.2, 0.25) is 5.91 Å². The van der Waals surface area contributed by atoms with E-state index in [1.165, 1.54) is 0 Å². The molecule has 0 heterocycles. The number of halogens is 2. The van der Waals surface area contributed by atoms with E-state index in [9.17, 15) is 9.59 Å². The van der Waals surface area contributed by atoms with Crippen LogP contribution in [0.2, 0.25) is 10.0 Å². The predicted molar refractivity (Wildman–Crippen MR) is 93.7 cm³/mol. The van der Waals surface area contributed by atoms with Gasteiger partial charge >= 0.3 is 6.03 Å². The average molecular weight is 360 g/mol. The summed E-state index contributed by atoms with van der Waals surface area (Å²) in [4.78, 5) is 25.4. The molecule has 0 radical (unpaired) electrons. The lowest BCUT2D eigenvalue weighted by Gasteiger charge is -2.30. The number of hydrogen-bond acceptors (Lipinski definition) is 2. The summed E-state index contributed by atoms with van der Waals surface area (Å²) < 4.78 is 0. The molecular weight excluding hydrogens is 337 g/mol. The van der Waals surface area contributed by atoms with Crippen molar-refractivity contribution in [2.45, 2.75) is 45.2 Å². The first-order chi connectivity index (χ1) is 10.8. The third-order valence-electron chi connectivity index (χ3n) is 3.80. The van der Waals surface area contributed by atoms with Crippen LogP contribution in [0.1, 0.15) is 44.7 Å². The maximum Gasteiger partial charge on any atom is 0.312 e. The second-order valence-corrected chi connectivity index (χ2v) is 6.34. The number of unbranched alkanes of at least 4 members (excludes halogenated alkanes) is 1. The molecule has 23 heavy (non-hydrogen) atoms. The van der Waals surface area contributed by atoms with Crippen LogP contribution in [0.25, 0.3) is 0 Å². The van der Waals surface area contributed by atoms with Crippen molar-refractivity contribution < 1.29 is 9.59 Å². The Balaban J connectivity index is 2.92. The molecule has 0 spiro atoms. The van der Waals surface area contributed by atoms with Crippen LogP contribution in [0.15, 0.2) is 18.2 Å². The molecule has 0 aliphatic carbocycles. The topological polar surface area (TPSA) is 75.4 Å². The number of nitrogens with one attached hydrogen (secondary N) is 1. The van der Waals surface area contributed by atoms with Gasteiger partial charge in [0.1, 0.15) is 6.04 Å². The van der Waals surface area contributed by atoms with E-state index < -0.39 is 12.1 Å².